The zero-order valence-corrected chi connectivity index (χ0v) is 20.9. The third-order valence-electron chi connectivity index (χ3n) is 5.57. The van der Waals surface area contributed by atoms with Crippen LogP contribution < -0.4 is 20.3 Å². The van der Waals surface area contributed by atoms with E-state index in [4.69, 9.17) is 14.2 Å². The fraction of sp³-hybridized carbons (Fsp3) is 0.231. The van der Waals surface area contributed by atoms with Gasteiger partial charge in [-0.3, -0.25) is 14.2 Å². The number of aryl methyl sites for hydroxylation is 1. The van der Waals surface area contributed by atoms with Crippen LogP contribution in [0.4, 0.5) is 5.69 Å². The molecular formula is C26H25N3O6S. The molecule has 2 aromatic carbocycles. The molecule has 0 radical (unpaired) electrons. The molecule has 0 aliphatic heterocycles. The van der Waals surface area contributed by atoms with E-state index in [0.717, 1.165) is 16.9 Å². The lowest BCUT2D eigenvalue weighted by Gasteiger charge is -2.12. The molecule has 10 heteroatoms. The number of anilines is 1. The highest BCUT2D eigenvalue weighted by Crippen LogP contribution is 2.29. The van der Waals surface area contributed by atoms with E-state index in [9.17, 15) is 14.4 Å². The minimum atomic E-state index is -0.498. The van der Waals surface area contributed by atoms with Crippen LogP contribution in [0.25, 0.3) is 10.2 Å². The molecule has 36 heavy (non-hydrogen) atoms. The molecule has 0 bridgehead atoms. The number of thiophene rings is 1. The number of benzene rings is 2. The summed E-state index contributed by atoms with van der Waals surface area (Å²) in [7, 11) is 3.02. The molecule has 186 valence electrons. The fourth-order valence-electron chi connectivity index (χ4n) is 3.68. The number of nitrogens with zero attached hydrogens (tertiary/aromatic N) is 2. The maximum atomic E-state index is 13.1. The van der Waals surface area contributed by atoms with Crippen molar-refractivity contribution >= 4 is 39.1 Å². The SMILES string of the molecule is COc1ccc(NC(=O)Cn2cnc3sc(C(=O)OCCc4ccccc4)c(C)c3c2=O)c(OC)c1. The van der Waals surface area contributed by atoms with Crippen LogP contribution in [-0.4, -0.2) is 42.3 Å². The van der Waals surface area contributed by atoms with Gasteiger partial charge in [-0.2, -0.15) is 0 Å². The number of rotatable bonds is 9. The molecule has 0 saturated heterocycles. The molecule has 4 rings (SSSR count). The van der Waals surface area contributed by atoms with E-state index >= 15 is 0 Å². The number of carbonyl (C=O) groups is 2. The van der Waals surface area contributed by atoms with Crippen LogP contribution in [0.5, 0.6) is 11.5 Å². The summed E-state index contributed by atoms with van der Waals surface area (Å²) < 4.78 is 17.1. The predicted octanol–water partition coefficient (Wildman–Crippen LogP) is 3.82. The largest absolute Gasteiger partial charge is 0.497 e. The maximum absolute atomic E-state index is 13.1. The first-order valence-corrected chi connectivity index (χ1v) is 11.9. The number of hydrogen-bond donors (Lipinski definition) is 1. The van der Waals surface area contributed by atoms with E-state index in [1.165, 1.54) is 25.1 Å². The Morgan fingerprint density at radius 1 is 1.08 bits per heavy atom. The number of nitrogens with one attached hydrogen (secondary N) is 1. The van der Waals surface area contributed by atoms with E-state index in [1.807, 2.05) is 30.3 Å². The van der Waals surface area contributed by atoms with E-state index in [1.54, 1.807) is 25.1 Å². The van der Waals surface area contributed by atoms with Crippen molar-refractivity contribution in [3.8, 4) is 11.5 Å². The fourth-order valence-corrected chi connectivity index (χ4v) is 4.72. The first-order chi connectivity index (χ1) is 17.4. The quantitative estimate of drug-likeness (QED) is 0.343. The summed E-state index contributed by atoms with van der Waals surface area (Å²) >= 11 is 1.10. The molecule has 9 nitrogen and oxygen atoms in total. The second-order valence-corrected chi connectivity index (χ2v) is 8.90. The van der Waals surface area contributed by atoms with Crippen molar-refractivity contribution in [1.29, 1.82) is 0 Å². The van der Waals surface area contributed by atoms with Gasteiger partial charge in [0, 0.05) is 12.5 Å². The molecule has 2 heterocycles. The highest BCUT2D eigenvalue weighted by atomic mass is 32.1. The molecule has 0 saturated carbocycles. The number of amides is 1. The third kappa shape index (κ3) is 5.38. The van der Waals surface area contributed by atoms with Crippen molar-refractivity contribution in [2.75, 3.05) is 26.1 Å². The van der Waals surface area contributed by atoms with Crippen molar-refractivity contribution in [3.63, 3.8) is 0 Å². The Kier molecular flexibility index (Phi) is 7.65. The van der Waals surface area contributed by atoms with Gasteiger partial charge in [0.25, 0.3) is 5.56 Å². The molecule has 2 aromatic heterocycles. The minimum absolute atomic E-state index is 0.225. The number of carbonyl (C=O) groups excluding carboxylic acids is 2. The number of methoxy groups -OCH3 is 2. The van der Waals surface area contributed by atoms with Crippen molar-refractivity contribution < 1.29 is 23.8 Å². The molecular weight excluding hydrogens is 482 g/mol. The maximum Gasteiger partial charge on any atom is 0.348 e. The highest BCUT2D eigenvalue weighted by Gasteiger charge is 2.21. The van der Waals surface area contributed by atoms with Crippen molar-refractivity contribution in [1.82, 2.24) is 9.55 Å². The van der Waals surface area contributed by atoms with Crippen molar-refractivity contribution in [3.05, 3.63) is 81.2 Å². The van der Waals surface area contributed by atoms with Crippen molar-refractivity contribution in [2.24, 2.45) is 0 Å². The summed E-state index contributed by atoms with van der Waals surface area (Å²) in [4.78, 5) is 43.5. The van der Waals surface area contributed by atoms with Gasteiger partial charge in [-0.25, -0.2) is 9.78 Å². The monoisotopic (exact) mass is 507 g/mol. The average Bonchev–Trinajstić information content (AvgIpc) is 3.23. The number of aromatic nitrogens is 2. The number of hydrogen-bond acceptors (Lipinski definition) is 8. The van der Waals surface area contributed by atoms with E-state index in [-0.39, 0.29) is 13.2 Å². The van der Waals surface area contributed by atoms with E-state index < -0.39 is 17.4 Å². The molecule has 4 aromatic rings. The van der Waals surface area contributed by atoms with Gasteiger partial charge in [-0.05, 0) is 30.2 Å². The minimum Gasteiger partial charge on any atom is -0.497 e. The van der Waals surface area contributed by atoms with Crippen LogP contribution in [0.15, 0.2) is 59.7 Å². The van der Waals surface area contributed by atoms with E-state index in [0.29, 0.717) is 44.3 Å². The summed E-state index contributed by atoms with van der Waals surface area (Å²) in [6.07, 6.45) is 1.89. The van der Waals surface area contributed by atoms with Crippen LogP contribution in [0.1, 0.15) is 20.8 Å². The second kappa shape index (κ2) is 11.0. The van der Waals surface area contributed by atoms with Crippen LogP contribution in [0, 0.1) is 6.92 Å². The summed E-state index contributed by atoms with van der Waals surface area (Å²) in [5.74, 6) is 0.0719. The molecule has 0 spiro atoms. The zero-order chi connectivity index (χ0) is 25.7. The second-order valence-electron chi connectivity index (χ2n) is 7.90. The molecule has 0 atom stereocenters. The van der Waals surface area contributed by atoms with Gasteiger partial charge in [0.2, 0.25) is 5.91 Å². The Bertz CT molecular complexity index is 1460. The predicted molar refractivity (Wildman–Crippen MR) is 137 cm³/mol. The molecule has 1 N–H and O–H groups in total. The van der Waals surface area contributed by atoms with Gasteiger partial charge in [0.05, 0.1) is 38.2 Å². The van der Waals surface area contributed by atoms with Gasteiger partial charge in [0.1, 0.15) is 27.8 Å². The first-order valence-electron chi connectivity index (χ1n) is 11.1. The smallest absolute Gasteiger partial charge is 0.348 e. The van der Waals surface area contributed by atoms with Crippen molar-refractivity contribution in [2.45, 2.75) is 19.9 Å². The zero-order valence-electron chi connectivity index (χ0n) is 20.1. The van der Waals surface area contributed by atoms with Crippen LogP contribution in [0.2, 0.25) is 0 Å². The third-order valence-corrected chi connectivity index (χ3v) is 6.75. The van der Waals surface area contributed by atoms with Gasteiger partial charge >= 0.3 is 5.97 Å². The molecule has 0 aliphatic carbocycles. The lowest BCUT2D eigenvalue weighted by atomic mass is 10.2. The standard InChI is InChI=1S/C26H25N3O6S/c1-16-22-24(36-23(16)26(32)35-12-11-17-7-5-4-6-8-17)27-15-29(25(22)31)14-21(30)28-19-10-9-18(33-2)13-20(19)34-3/h4-10,13,15H,11-12,14H2,1-3H3,(H,28,30). The molecule has 0 unspecified atom stereocenters. The summed E-state index contributed by atoms with van der Waals surface area (Å²) in [6.45, 7) is 1.65. The van der Waals surface area contributed by atoms with Gasteiger partial charge in [-0.1, -0.05) is 30.3 Å². The first kappa shape index (κ1) is 24.9. The van der Waals surface area contributed by atoms with E-state index in [2.05, 4.69) is 10.3 Å². The number of fused-ring (bicyclic) bond motifs is 1. The Balaban J connectivity index is 1.48. The summed E-state index contributed by atoms with van der Waals surface area (Å²) in [5, 5.41) is 3.03. The summed E-state index contributed by atoms with van der Waals surface area (Å²) in [5.41, 5.74) is 1.59. The molecule has 0 aliphatic rings. The Morgan fingerprint density at radius 2 is 1.86 bits per heavy atom. The van der Waals surface area contributed by atoms with Gasteiger partial charge < -0.3 is 19.5 Å². The number of ether oxygens (including phenoxy) is 3. The molecule has 1 amide bonds. The van der Waals surface area contributed by atoms with Gasteiger partial charge in [-0.15, -0.1) is 11.3 Å². The summed E-state index contributed by atoms with van der Waals surface area (Å²) in [6, 6.07) is 14.7. The topological polar surface area (TPSA) is 109 Å². The van der Waals surface area contributed by atoms with Crippen LogP contribution in [-0.2, 0) is 22.5 Å². The Hall–Kier alpha value is -4.18. The normalized spacial score (nSPS) is 10.8. The highest BCUT2D eigenvalue weighted by molar-refractivity contribution is 7.20. The Morgan fingerprint density at radius 3 is 2.58 bits per heavy atom. The van der Waals surface area contributed by atoms with Crippen LogP contribution in [0.3, 0.4) is 0 Å². The molecule has 0 fully saturated rings. The lowest BCUT2D eigenvalue weighted by molar-refractivity contribution is -0.116. The Labute approximate surface area is 211 Å². The van der Waals surface area contributed by atoms with Gasteiger partial charge in [0.15, 0.2) is 0 Å². The number of esters is 1. The van der Waals surface area contributed by atoms with Crippen LogP contribution >= 0.6 is 11.3 Å². The lowest BCUT2D eigenvalue weighted by Crippen LogP contribution is -2.28. The average molecular weight is 508 g/mol.